The monoisotopic (exact) mass is 376 g/mol. The smallest absolute Gasteiger partial charge is 0.309 e. The van der Waals surface area contributed by atoms with Crippen molar-refractivity contribution in [3.63, 3.8) is 0 Å². The zero-order valence-corrected chi connectivity index (χ0v) is 17.5. The van der Waals surface area contributed by atoms with Gasteiger partial charge in [-0.05, 0) is 63.2 Å². The van der Waals surface area contributed by atoms with E-state index in [1.54, 1.807) is 0 Å². The molecule has 4 fully saturated rings. The van der Waals surface area contributed by atoms with Crippen LogP contribution in [-0.4, -0.2) is 30.9 Å². The molecule has 0 bridgehead atoms. The van der Waals surface area contributed by atoms with E-state index < -0.39 is 0 Å². The van der Waals surface area contributed by atoms with Crippen LogP contribution in [0.2, 0.25) is 0 Å². The van der Waals surface area contributed by atoms with Crippen LogP contribution in [0.15, 0.2) is 12.3 Å². The SMILES string of the molecule is C=C(OCC(C)(C)COC(=O)C1CCC2(C)OC2C1)C1CCC2(C)CC2C1. The van der Waals surface area contributed by atoms with Crippen molar-refractivity contribution in [2.45, 2.75) is 84.3 Å². The van der Waals surface area contributed by atoms with Gasteiger partial charge in [0.1, 0.15) is 0 Å². The Balaban J connectivity index is 1.17. The Labute approximate surface area is 164 Å². The van der Waals surface area contributed by atoms with Gasteiger partial charge < -0.3 is 14.2 Å². The van der Waals surface area contributed by atoms with Gasteiger partial charge in [-0.15, -0.1) is 0 Å². The summed E-state index contributed by atoms with van der Waals surface area (Å²) >= 11 is 0. The van der Waals surface area contributed by atoms with Crippen molar-refractivity contribution in [2.24, 2.45) is 28.6 Å². The van der Waals surface area contributed by atoms with E-state index in [0.29, 0.717) is 24.5 Å². The average molecular weight is 377 g/mol. The summed E-state index contributed by atoms with van der Waals surface area (Å²) in [5.74, 6) is 2.23. The first-order chi connectivity index (χ1) is 12.6. The van der Waals surface area contributed by atoms with Gasteiger partial charge in [0.05, 0.1) is 36.6 Å². The van der Waals surface area contributed by atoms with Crippen molar-refractivity contribution >= 4 is 5.97 Å². The van der Waals surface area contributed by atoms with E-state index in [9.17, 15) is 4.79 Å². The maximum Gasteiger partial charge on any atom is 0.309 e. The molecule has 4 nitrogen and oxygen atoms in total. The van der Waals surface area contributed by atoms with E-state index in [-0.39, 0.29) is 29.0 Å². The number of ether oxygens (including phenoxy) is 3. The van der Waals surface area contributed by atoms with Crippen molar-refractivity contribution in [3.8, 4) is 0 Å². The highest BCUT2D eigenvalue weighted by Crippen LogP contribution is 2.62. The van der Waals surface area contributed by atoms with Crippen molar-refractivity contribution in [3.05, 3.63) is 12.3 Å². The fraction of sp³-hybridized carbons (Fsp3) is 0.870. The van der Waals surface area contributed by atoms with E-state index in [4.69, 9.17) is 14.2 Å². The first kappa shape index (κ1) is 19.3. The molecule has 4 aliphatic rings. The van der Waals surface area contributed by atoms with Crippen molar-refractivity contribution < 1.29 is 19.0 Å². The third-order valence-corrected chi connectivity index (χ3v) is 7.74. The number of rotatable bonds is 7. The van der Waals surface area contributed by atoms with Crippen LogP contribution < -0.4 is 0 Å². The molecule has 0 spiro atoms. The molecule has 27 heavy (non-hydrogen) atoms. The summed E-state index contributed by atoms with van der Waals surface area (Å²) in [4.78, 5) is 12.4. The lowest BCUT2D eigenvalue weighted by molar-refractivity contribution is -0.153. The Kier molecular flexibility index (Phi) is 4.65. The normalized spacial score (nSPS) is 42.5. The molecule has 4 rings (SSSR count). The summed E-state index contributed by atoms with van der Waals surface area (Å²) in [6.07, 6.45) is 8.02. The van der Waals surface area contributed by atoms with Crippen LogP contribution in [0.5, 0.6) is 0 Å². The van der Waals surface area contributed by atoms with E-state index in [2.05, 4.69) is 34.3 Å². The fourth-order valence-corrected chi connectivity index (χ4v) is 5.13. The second kappa shape index (κ2) is 6.50. The number of esters is 1. The van der Waals surface area contributed by atoms with Crippen LogP contribution in [0.1, 0.15) is 72.6 Å². The predicted molar refractivity (Wildman–Crippen MR) is 104 cm³/mol. The number of carbonyl (C=O) groups is 1. The topological polar surface area (TPSA) is 48.1 Å². The van der Waals surface area contributed by atoms with Crippen LogP contribution in [0.25, 0.3) is 0 Å². The summed E-state index contributed by atoms with van der Waals surface area (Å²) in [6, 6.07) is 0. The quantitative estimate of drug-likeness (QED) is 0.361. The van der Waals surface area contributed by atoms with Gasteiger partial charge in [0.15, 0.2) is 0 Å². The molecule has 4 heteroatoms. The number of fused-ring (bicyclic) bond motifs is 2. The Bertz CT molecular complexity index is 574. The number of hydrogen-bond acceptors (Lipinski definition) is 4. The summed E-state index contributed by atoms with van der Waals surface area (Å²) in [7, 11) is 0. The molecule has 0 aromatic heterocycles. The lowest BCUT2D eigenvalue weighted by Crippen LogP contribution is -2.32. The van der Waals surface area contributed by atoms with Gasteiger partial charge in [0.25, 0.3) is 0 Å². The standard InChI is InChI=1S/C23H36O4/c1-15(16-6-8-22(4)12-18(22)10-16)25-13-21(2,3)14-26-20(24)17-7-9-23(5)19(11-17)27-23/h16-19H,1,6-14H2,2-5H3. The third-order valence-electron chi connectivity index (χ3n) is 7.74. The lowest BCUT2D eigenvalue weighted by atomic mass is 9.82. The van der Waals surface area contributed by atoms with Crippen LogP contribution in [0.4, 0.5) is 0 Å². The summed E-state index contributed by atoms with van der Waals surface area (Å²) in [5.41, 5.74) is 0.453. The fourth-order valence-electron chi connectivity index (χ4n) is 5.13. The second-order valence-corrected chi connectivity index (χ2v) is 10.9. The maximum atomic E-state index is 12.4. The van der Waals surface area contributed by atoms with Crippen LogP contribution in [-0.2, 0) is 19.0 Å². The first-order valence-electron chi connectivity index (χ1n) is 10.8. The maximum absolute atomic E-state index is 12.4. The molecule has 0 amide bonds. The molecule has 6 atom stereocenters. The molecule has 3 saturated carbocycles. The molecule has 0 aromatic carbocycles. The average Bonchev–Trinajstić information content (AvgIpc) is 3.49. The van der Waals surface area contributed by atoms with Gasteiger partial charge in [-0.1, -0.05) is 27.4 Å². The third kappa shape index (κ3) is 4.06. The summed E-state index contributed by atoms with van der Waals surface area (Å²) in [6.45, 7) is 13.9. The molecule has 6 unspecified atom stereocenters. The van der Waals surface area contributed by atoms with E-state index in [1.165, 1.54) is 25.7 Å². The van der Waals surface area contributed by atoms with Gasteiger partial charge in [0.2, 0.25) is 0 Å². The van der Waals surface area contributed by atoms with Crippen LogP contribution >= 0.6 is 0 Å². The zero-order valence-electron chi connectivity index (χ0n) is 17.5. The minimum absolute atomic E-state index is 0.00708. The largest absolute Gasteiger partial charge is 0.498 e. The molecular weight excluding hydrogens is 340 g/mol. The highest BCUT2D eigenvalue weighted by Gasteiger charge is 2.56. The Morgan fingerprint density at radius 2 is 1.81 bits per heavy atom. The molecule has 3 aliphatic carbocycles. The number of epoxide rings is 1. The highest BCUT2D eigenvalue weighted by atomic mass is 16.6. The summed E-state index contributed by atoms with van der Waals surface area (Å²) < 4.78 is 17.4. The molecule has 1 heterocycles. The highest BCUT2D eigenvalue weighted by molar-refractivity contribution is 5.72. The first-order valence-corrected chi connectivity index (χ1v) is 10.8. The van der Waals surface area contributed by atoms with Crippen molar-refractivity contribution in [2.75, 3.05) is 13.2 Å². The molecular formula is C23H36O4. The Hall–Kier alpha value is -1.03. The molecule has 1 aliphatic heterocycles. The molecule has 0 aromatic rings. The van der Waals surface area contributed by atoms with Gasteiger partial charge in [0, 0.05) is 11.3 Å². The minimum atomic E-state index is -0.208. The van der Waals surface area contributed by atoms with Gasteiger partial charge in [-0.25, -0.2) is 0 Å². The molecule has 0 N–H and O–H groups in total. The number of hydrogen-bond donors (Lipinski definition) is 0. The Morgan fingerprint density at radius 1 is 1.11 bits per heavy atom. The zero-order chi connectivity index (χ0) is 19.4. The molecule has 152 valence electrons. The second-order valence-electron chi connectivity index (χ2n) is 10.9. The van der Waals surface area contributed by atoms with Crippen molar-refractivity contribution in [1.29, 1.82) is 0 Å². The van der Waals surface area contributed by atoms with Gasteiger partial charge in [-0.2, -0.15) is 0 Å². The van der Waals surface area contributed by atoms with Gasteiger partial charge in [-0.3, -0.25) is 4.79 Å². The number of carbonyl (C=O) groups excluding carboxylic acids is 1. The van der Waals surface area contributed by atoms with E-state index in [1.807, 2.05) is 0 Å². The molecule has 0 radical (unpaired) electrons. The van der Waals surface area contributed by atoms with Crippen molar-refractivity contribution in [1.82, 2.24) is 0 Å². The number of allylic oxidation sites excluding steroid dienone is 1. The van der Waals surface area contributed by atoms with Gasteiger partial charge >= 0.3 is 5.97 Å². The van der Waals surface area contributed by atoms with E-state index in [0.717, 1.165) is 30.9 Å². The predicted octanol–water partition coefficient (Wildman–Crippen LogP) is 4.87. The van der Waals surface area contributed by atoms with E-state index >= 15 is 0 Å². The lowest BCUT2D eigenvalue weighted by Gasteiger charge is -2.30. The summed E-state index contributed by atoms with van der Waals surface area (Å²) in [5, 5.41) is 0. The molecule has 1 saturated heterocycles. The minimum Gasteiger partial charge on any atom is -0.498 e. The van der Waals surface area contributed by atoms with Crippen LogP contribution in [0, 0.1) is 28.6 Å². The Morgan fingerprint density at radius 3 is 2.52 bits per heavy atom. The van der Waals surface area contributed by atoms with Crippen LogP contribution in [0.3, 0.4) is 0 Å².